The van der Waals surface area contributed by atoms with Gasteiger partial charge in [-0.2, -0.15) is 0 Å². The van der Waals surface area contributed by atoms with E-state index in [1.807, 2.05) is 0 Å². The van der Waals surface area contributed by atoms with Gasteiger partial charge in [-0.3, -0.25) is 9.59 Å². The molecule has 0 saturated heterocycles. The third-order valence-corrected chi connectivity index (χ3v) is 2.39. The summed E-state index contributed by atoms with van der Waals surface area (Å²) in [6.45, 7) is 0.373. The molecule has 0 atom stereocenters. The molecule has 0 unspecified atom stereocenters. The molecule has 2 amide bonds. The summed E-state index contributed by atoms with van der Waals surface area (Å²) < 4.78 is 1.40. The Kier molecular flexibility index (Phi) is 4.78. The van der Waals surface area contributed by atoms with Crippen molar-refractivity contribution >= 4 is 11.8 Å². The van der Waals surface area contributed by atoms with E-state index in [-0.39, 0.29) is 31.4 Å². The van der Waals surface area contributed by atoms with Gasteiger partial charge in [-0.25, -0.2) is 4.68 Å². The summed E-state index contributed by atoms with van der Waals surface area (Å²) >= 11 is 0. The van der Waals surface area contributed by atoms with E-state index in [0.717, 1.165) is 0 Å². The number of nitrogens with two attached hydrogens (primary N) is 1. The van der Waals surface area contributed by atoms with E-state index in [0.29, 0.717) is 5.69 Å². The van der Waals surface area contributed by atoms with Crippen molar-refractivity contribution in [1.29, 1.82) is 0 Å². The molecule has 100 valence electrons. The van der Waals surface area contributed by atoms with E-state index in [1.54, 1.807) is 27.3 Å². The summed E-state index contributed by atoms with van der Waals surface area (Å²) in [6, 6.07) is 0. The Morgan fingerprint density at radius 3 is 2.50 bits per heavy atom. The summed E-state index contributed by atoms with van der Waals surface area (Å²) in [5.74, 6) is -0.342. The fraction of sp³-hybridized carbons (Fsp3) is 0.600. The highest BCUT2D eigenvalue weighted by atomic mass is 16.2. The lowest BCUT2D eigenvalue weighted by Gasteiger charge is -2.18. The van der Waals surface area contributed by atoms with Crippen LogP contribution in [-0.2, 0) is 22.7 Å². The molecular weight excluding hydrogens is 236 g/mol. The van der Waals surface area contributed by atoms with Crippen LogP contribution in [0.5, 0.6) is 0 Å². The van der Waals surface area contributed by atoms with E-state index in [4.69, 9.17) is 5.73 Å². The van der Waals surface area contributed by atoms with Gasteiger partial charge in [0.25, 0.3) is 0 Å². The molecular formula is C10H18N6O2. The van der Waals surface area contributed by atoms with Crippen LogP contribution in [-0.4, -0.2) is 64.3 Å². The Hall–Kier alpha value is -1.96. The minimum absolute atomic E-state index is 0.0458. The maximum absolute atomic E-state index is 11.8. The Bertz CT molecular complexity index is 428. The zero-order valence-electron chi connectivity index (χ0n) is 10.8. The average molecular weight is 254 g/mol. The summed E-state index contributed by atoms with van der Waals surface area (Å²) in [5, 5.41) is 7.55. The molecule has 0 aliphatic carbocycles. The zero-order chi connectivity index (χ0) is 13.7. The number of rotatable bonds is 5. The fourth-order valence-electron chi connectivity index (χ4n) is 1.20. The van der Waals surface area contributed by atoms with Gasteiger partial charge in [0.15, 0.2) is 0 Å². The molecule has 2 N–H and O–H groups in total. The molecule has 0 fully saturated rings. The van der Waals surface area contributed by atoms with Gasteiger partial charge in [0.05, 0.1) is 18.4 Å². The lowest BCUT2D eigenvalue weighted by atomic mass is 10.4. The molecule has 1 aromatic heterocycles. The Labute approximate surface area is 105 Å². The first-order chi connectivity index (χ1) is 8.43. The minimum Gasteiger partial charge on any atom is -0.347 e. The van der Waals surface area contributed by atoms with E-state index < -0.39 is 0 Å². The Balaban J connectivity index is 2.52. The standard InChI is InChI=1S/C10H18N6O2/c1-14(2)9(17)6-15(3)10(18)7-16-5-8(4-11)12-13-16/h5H,4,6-7,11H2,1-3H3. The Morgan fingerprint density at radius 2 is 2.00 bits per heavy atom. The maximum Gasteiger partial charge on any atom is 0.244 e. The smallest absolute Gasteiger partial charge is 0.244 e. The monoisotopic (exact) mass is 254 g/mol. The molecule has 18 heavy (non-hydrogen) atoms. The largest absolute Gasteiger partial charge is 0.347 e. The van der Waals surface area contributed by atoms with Crippen LogP contribution >= 0.6 is 0 Å². The SMILES string of the molecule is CN(C)C(=O)CN(C)C(=O)Cn1cc(CN)nn1. The van der Waals surface area contributed by atoms with E-state index in [1.165, 1.54) is 14.5 Å². The van der Waals surface area contributed by atoms with Gasteiger partial charge < -0.3 is 15.5 Å². The minimum atomic E-state index is -0.210. The lowest BCUT2D eigenvalue weighted by molar-refractivity contribution is -0.138. The summed E-state index contributed by atoms with van der Waals surface area (Å²) in [4.78, 5) is 26.0. The maximum atomic E-state index is 11.8. The third-order valence-electron chi connectivity index (χ3n) is 2.39. The van der Waals surface area contributed by atoms with Crippen LogP contribution in [0.2, 0.25) is 0 Å². The predicted molar refractivity (Wildman–Crippen MR) is 64.2 cm³/mol. The number of nitrogens with zero attached hydrogens (tertiary/aromatic N) is 5. The van der Waals surface area contributed by atoms with E-state index >= 15 is 0 Å². The van der Waals surface area contributed by atoms with Crippen molar-refractivity contribution in [3.8, 4) is 0 Å². The zero-order valence-corrected chi connectivity index (χ0v) is 10.8. The number of hydrogen-bond donors (Lipinski definition) is 1. The van der Waals surface area contributed by atoms with Crippen LogP contribution in [0, 0.1) is 0 Å². The quantitative estimate of drug-likeness (QED) is 0.674. The second kappa shape index (κ2) is 6.10. The van der Waals surface area contributed by atoms with Crippen molar-refractivity contribution in [2.24, 2.45) is 5.73 Å². The number of carbonyl (C=O) groups is 2. The first-order valence-corrected chi connectivity index (χ1v) is 5.47. The highest BCUT2D eigenvalue weighted by Crippen LogP contribution is 1.95. The van der Waals surface area contributed by atoms with Gasteiger partial charge in [0.1, 0.15) is 6.54 Å². The first-order valence-electron chi connectivity index (χ1n) is 5.47. The molecule has 0 radical (unpaired) electrons. The predicted octanol–water partition coefficient (Wildman–Crippen LogP) is -1.72. The van der Waals surface area contributed by atoms with Crippen molar-refractivity contribution in [3.05, 3.63) is 11.9 Å². The van der Waals surface area contributed by atoms with E-state index in [9.17, 15) is 9.59 Å². The molecule has 1 heterocycles. The number of aromatic nitrogens is 3. The number of amides is 2. The van der Waals surface area contributed by atoms with Crippen molar-refractivity contribution < 1.29 is 9.59 Å². The molecule has 8 heteroatoms. The molecule has 0 spiro atoms. The van der Waals surface area contributed by atoms with Crippen LogP contribution in [0.1, 0.15) is 5.69 Å². The van der Waals surface area contributed by atoms with E-state index in [2.05, 4.69) is 10.3 Å². The average Bonchev–Trinajstić information content (AvgIpc) is 2.76. The van der Waals surface area contributed by atoms with Gasteiger partial charge in [-0.1, -0.05) is 5.21 Å². The molecule has 0 aromatic carbocycles. The second-order valence-corrected chi connectivity index (χ2v) is 4.15. The molecule has 0 aliphatic heterocycles. The highest BCUT2D eigenvalue weighted by molar-refractivity contribution is 5.84. The molecule has 1 aromatic rings. The molecule has 1 rings (SSSR count). The number of carbonyl (C=O) groups excluding carboxylic acids is 2. The second-order valence-electron chi connectivity index (χ2n) is 4.15. The van der Waals surface area contributed by atoms with Crippen molar-refractivity contribution in [2.75, 3.05) is 27.7 Å². The van der Waals surface area contributed by atoms with Crippen LogP contribution in [0.4, 0.5) is 0 Å². The van der Waals surface area contributed by atoms with Crippen molar-refractivity contribution in [3.63, 3.8) is 0 Å². The first kappa shape index (κ1) is 14.1. The third kappa shape index (κ3) is 3.81. The van der Waals surface area contributed by atoms with Crippen molar-refractivity contribution in [2.45, 2.75) is 13.1 Å². The normalized spacial score (nSPS) is 10.2. The summed E-state index contributed by atoms with van der Waals surface area (Å²) in [6.07, 6.45) is 1.61. The van der Waals surface area contributed by atoms with Gasteiger partial charge >= 0.3 is 0 Å². The number of hydrogen-bond acceptors (Lipinski definition) is 5. The number of likely N-dealkylation sites (N-methyl/N-ethyl adjacent to an activating group) is 2. The topological polar surface area (TPSA) is 97.4 Å². The summed E-state index contributed by atoms with van der Waals surface area (Å²) in [5.41, 5.74) is 6.01. The lowest BCUT2D eigenvalue weighted by Crippen LogP contribution is -2.39. The summed E-state index contributed by atoms with van der Waals surface area (Å²) in [7, 11) is 4.86. The molecule has 8 nitrogen and oxygen atoms in total. The van der Waals surface area contributed by atoms with Gasteiger partial charge in [0, 0.05) is 27.7 Å². The van der Waals surface area contributed by atoms with Crippen LogP contribution in [0.15, 0.2) is 6.20 Å². The van der Waals surface area contributed by atoms with Gasteiger partial charge in [0.2, 0.25) is 11.8 Å². The molecule has 0 bridgehead atoms. The fourth-order valence-corrected chi connectivity index (χ4v) is 1.20. The molecule has 0 saturated carbocycles. The van der Waals surface area contributed by atoms with Crippen LogP contribution in [0.25, 0.3) is 0 Å². The van der Waals surface area contributed by atoms with Crippen molar-refractivity contribution in [1.82, 2.24) is 24.8 Å². The molecule has 0 aliphatic rings. The van der Waals surface area contributed by atoms with Gasteiger partial charge in [-0.15, -0.1) is 5.10 Å². The highest BCUT2D eigenvalue weighted by Gasteiger charge is 2.15. The Morgan fingerprint density at radius 1 is 1.33 bits per heavy atom. The van der Waals surface area contributed by atoms with Gasteiger partial charge in [-0.05, 0) is 0 Å². The van der Waals surface area contributed by atoms with Crippen LogP contribution in [0.3, 0.4) is 0 Å². The van der Waals surface area contributed by atoms with Crippen LogP contribution < -0.4 is 5.73 Å².